The first-order chi connectivity index (χ1) is 17.3. The lowest BCUT2D eigenvalue weighted by Gasteiger charge is -2.12. The third-order valence-electron chi connectivity index (χ3n) is 6.11. The number of benzene rings is 2. The molecule has 0 aliphatic rings. The molecule has 0 spiro atoms. The Labute approximate surface area is 212 Å². The van der Waals surface area contributed by atoms with E-state index in [2.05, 4.69) is 4.98 Å². The summed E-state index contributed by atoms with van der Waals surface area (Å²) in [5, 5.41) is 1.08. The Morgan fingerprint density at radius 1 is 1.03 bits per heavy atom. The van der Waals surface area contributed by atoms with E-state index in [1.165, 1.54) is 17.1 Å². The number of nitrogens with zero attached hydrogens (tertiary/aromatic N) is 3. The van der Waals surface area contributed by atoms with Gasteiger partial charge in [-0.1, -0.05) is 17.7 Å². The number of hydrogen-bond donors (Lipinski definition) is 0. The fourth-order valence-corrected chi connectivity index (χ4v) is 6.05. The summed E-state index contributed by atoms with van der Waals surface area (Å²) < 4.78 is 56.1. The topological polar surface area (TPSA) is 75.4 Å². The Bertz CT molecular complexity index is 1710. The number of aryl methyl sites for hydroxylation is 2. The van der Waals surface area contributed by atoms with Crippen LogP contribution in [0.4, 0.5) is 4.39 Å². The quantitative estimate of drug-likeness (QED) is 0.258. The molecule has 0 saturated carbocycles. The molecule has 0 unspecified atom stereocenters. The maximum Gasteiger partial charge on any atom is 0.269 e. The van der Waals surface area contributed by atoms with Crippen molar-refractivity contribution < 1.29 is 22.3 Å². The maximum atomic E-state index is 14.1. The highest BCUT2D eigenvalue weighted by molar-refractivity contribution is 7.90. The molecule has 36 heavy (non-hydrogen) atoms. The molecular formula is C26H23ClFN3O4S. The van der Waals surface area contributed by atoms with Crippen LogP contribution in [0.2, 0.25) is 0 Å². The second-order valence-corrected chi connectivity index (χ2v) is 10.5. The van der Waals surface area contributed by atoms with Crippen molar-refractivity contribution in [2.45, 2.75) is 18.4 Å². The molecule has 0 N–H and O–H groups in total. The van der Waals surface area contributed by atoms with E-state index in [1.54, 1.807) is 43.5 Å². The van der Waals surface area contributed by atoms with E-state index < -0.39 is 15.8 Å². The molecular weight excluding hydrogens is 505 g/mol. The molecule has 186 valence electrons. The predicted molar refractivity (Wildman–Crippen MR) is 138 cm³/mol. The highest BCUT2D eigenvalue weighted by Gasteiger charge is 2.27. The van der Waals surface area contributed by atoms with Crippen molar-refractivity contribution in [2.24, 2.45) is 0 Å². The number of aromatic nitrogens is 3. The van der Waals surface area contributed by atoms with E-state index in [0.29, 0.717) is 40.6 Å². The third-order valence-corrected chi connectivity index (χ3v) is 8.00. The minimum Gasteiger partial charge on any atom is -0.493 e. The summed E-state index contributed by atoms with van der Waals surface area (Å²) in [5.41, 5.74) is 2.79. The van der Waals surface area contributed by atoms with E-state index in [4.69, 9.17) is 21.1 Å². The van der Waals surface area contributed by atoms with Crippen LogP contribution in [-0.4, -0.2) is 42.0 Å². The molecule has 3 aromatic heterocycles. The first-order valence-corrected chi connectivity index (χ1v) is 13.1. The van der Waals surface area contributed by atoms with Gasteiger partial charge in [0.15, 0.2) is 17.1 Å². The van der Waals surface area contributed by atoms with Gasteiger partial charge in [0.1, 0.15) is 5.82 Å². The highest BCUT2D eigenvalue weighted by Crippen LogP contribution is 2.41. The molecule has 0 amide bonds. The summed E-state index contributed by atoms with van der Waals surface area (Å²) in [6.07, 6.45) is 2.84. The largest absolute Gasteiger partial charge is 0.493 e. The van der Waals surface area contributed by atoms with Crippen LogP contribution in [0.3, 0.4) is 0 Å². The van der Waals surface area contributed by atoms with Gasteiger partial charge < -0.3 is 14.0 Å². The van der Waals surface area contributed by atoms with Gasteiger partial charge in [0, 0.05) is 41.0 Å². The molecule has 0 radical (unpaired) electrons. The van der Waals surface area contributed by atoms with Gasteiger partial charge in [0.25, 0.3) is 10.0 Å². The van der Waals surface area contributed by atoms with Crippen molar-refractivity contribution in [1.82, 2.24) is 13.5 Å². The zero-order chi connectivity index (χ0) is 25.6. The van der Waals surface area contributed by atoms with Gasteiger partial charge in [-0.2, -0.15) is 0 Å². The Balaban J connectivity index is 1.88. The molecule has 0 saturated heterocycles. The zero-order valence-electron chi connectivity index (χ0n) is 19.8. The van der Waals surface area contributed by atoms with Crippen molar-refractivity contribution in [3.63, 3.8) is 0 Å². The lowest BCUT2D eigenvalue weighted by atomic mass is 10.1. The molecule has 5 rings (SSSR count). The summed E-state index contributed by atoms with van der Waals surface area (Å²) in [6.45, 7) is 2.36. The molecule has 0 aliphatic carbocycles. The van der Waals surface area contributed by atoms with Crippen LogP contribution in [0.15, 0.2) is 65.8 Å². The predicted octanol–water partition coefficient (Wildman–Crippen LogP) is 5.60. The second kappa shape index (κ2) is 9.15. The molecule has 0 atom stereocenters. The summed E-state index contributed by atoms with van der Waals surface area (Å²) in [6, 6.07) is 13.1. The van der Waals surface area contributed by atoms with E-state index in [0.717, 1.165) is 22.7 Å². The lowest BCUT2D eigenvalue weighted by Crippen LogP contribution is -2.14. The molecule has 2 aromatic carbocycles. The number of alkyl halides is 1. The Morgan fingerprint density at radius 3 is 2.39 bits per heavy atom. The van der Waals surface area contributed by atoms with Crippen LogP contribution in [0.5, 0.6) is 11.5 Å². The van der Waals surface area contributed by atoms with Crippen LogP contribution < -0.4 is 9.47 Å². The Kier molecular flexibility index (Phi) is 6.13. The monoisotopic (exact) mass is 527 g/mol. The standard InChI is InChI=1S/C26H23ClFN3O4S/c1-16-4-6-19(7-5-16)36(32,33)31-23(11-17-10-18(28)14-29-26(17)31)21-15-30(9-8-27)22-13-25(35-3)24(34-2)12-20(21)22/h4-7,10-15H,8-9H2,1-3H3. The van der Waals surface area contributed by atoms with Crippen molar-refractivity contribution in [3.8, 4) is 22.8 Å². The molecule has 3 heterocycles. The number of hydrogen-bond acceptors (Lipinski definition) is 5. The van der Waals surface area contributed by atoms with Crippen LogP contribution >= 0.6 is 11.6 Å². The van der Waals surface area contributed by atoms with Crippen molar-refractivity contribution in [1.29, 1.82) is 0 Å². The number of halogens is 2. The smallest absolute Gasteiger partial charge is 0.269 e. The molecule has 0 aliphatic heterocycles. The number of ether oxygens (including phenoxy) is 2. The second-order valence-electron chi connectivity index (χ2n) is 8.33. The molecule has 0 fully saturated rings. The maximum absolute atomic E-state index is 14.1. The molecule has 5 aromatic rings. The first kappa shape index (κ1) is 24.1. The average molecular weight is 528 g/mol. The molecule has 7 nitrogen and oxygen atoms in total. The third kappa shape index (κ3) is 3.88. The number of fused-ring (bicyclic) bond motifs is 2. The molecule has 0 bridgehead atoms. The lowest BCUT2D eigenvalue weighted by molar-refractivity contribution is 0.355. The zero-order valence-corrected chi connectivity index (χ0v) is 21.4. The minimum atomic E-state index is -4.09. The van der Waals surface area contributed by atoms with Crippen LogP contribution in [0.1, 0.15) is 5.56 Å². The van der Waals surface area contributed by atoms with E-state index in [1.807, 2.05) is 23.8 Å². The van der Waals surface area contributed by atoms with Crippen LogP contribution in [0, 0.1) is 12.7 Å². The fourth-order valence-electron chi connectivity index (χ4n) is 4.39. The number of rotatable bonds is 7. The van der Waals surface area contributed by atoms with Gasteiger partial charge in [-0.15, -0.1) is 11.6 Å². The summed E-state index contributed by atoms with van der Waals surface area (Å²) in [7, 11) is -1.01. The van der Waals surface area contributed by atoms with Gasteiger partial charge >= 0.3 is 0 Å². The normalized spacial score (nSPS) is 11.9. The van der Waals surface area contributed by atoms with Crippen molar-refractivity contribution in [2.75, 3.05) is 20.1 Å². The average Bonchev–Trinajstić information content (AvgIpc) is 3.41. The van der Waals surface area contributed by atoms with Gasteiger partial charge in [-0.25, -0.2) is 21.8 Å². The SMILES string of the molecule is COc1cc2c(-c3cc4cc(F)cnc4n3S(=O)(=O)c3ccc(C)cc3)cn(CCCl)c2cc1OC. The highest BCUT2D eigenvalue weighted by atomic mass is 35.5. The summed E-state index contributed by atoms with van der Waals surface area (Å²) in [5.74, 6) is 0.801. The first-order valence-electron chi connectivity index (χ1n) is 11.1. The Hall–Kier alpha value is -3.56. The van der Waals surface area contributed by atoms with Crippen molar-refractivity contribution >= 4 is 43.6 Å². The van der Waals surface area contributed by atoms with Crippen LogP contribution in [-0.2, 0) is 16.6 Å². The van der Waals surface area contributed by atoms with Crippen molar-refractivity contribution in [3.05, 3.63) is 72.3 Å². The van der Waals surface area contributed by atoms with E-state index >= 15 is 0 Å². The molecule has 10 heteroatoms. The van der Waals surface area contributed by atoms with Gasteiger partial charge in [-0.3, -0.25) is 0 Å². The van der Waals surface area contributed by atoms with E-state index in [9.17, 15) is 12.8 Å². The number of pyridine rings is 1. The summed E-state index contributed by atoms with van der Waals surface area (Å²) >= 11 is 6.07. The van der Waals surface area contributed by atoms with Crippen LogP contribution in [0.25, 0.3) is 33.2 Å². The van der Waals surface area contributed by atoms with E-state index in [-0.39, 0.29) is 10.5 Å². The van der Waals surface area contributed by atoms with Gasteiger partial charge in [0.2, 0.25) is 0 Å². The minimum absolute atomic E-state index is 0.0988. The fraction of sp³-hybridized carbons (Fsp3) is 0.192. The Morgan fingerprint density at radius 2 is 1.72 bits per heavy atom. The summed E-state index contributed by atoms with van der Waals surface area (Å²) in [4.78, 5) is 4.26. The number of methoxy groups -OCH3 is 2. The van der Waals surface area contributed by atoms with Gasteiger partial charge in [0.05, 0.1) is 36.5 Å². The van der Waals surface area contributed by atoms with Gasteiger partial charge in [-0.05, 0) is 37.3 Å².